The third-order valence-corrected chi connectivity index (χ3v) is 5.91. The molecule has 0 atom stereocenters. The number of hydrogen-bond donors (Lipinski definition) is 2. The van der Waals surface area contributed by atoms with E-state index in [1.807, 2.05) is 60.7 Å². The molecule has 5 aromatic carbocycles. The average Bonchev–Trinajstić information content (AvgIpc) is 2.91. The van der Waals surface area contributed by atoms with Crippen molar-refractivity contribution in [2.24, 2.45) is 0 Å². The summed E-state index contributed by atoms with van der Waals surface area (Å²) in [4.78, 5) is 2.20. The molecule has 4 heteroatoms. The van der Waals surface area contributed by atoms with Gasteiger partial charge in [-0.25, -0.2) is 0 Å². The summed E-state index contributed by atoms with van der Waals surface area (Å²) in [6, 6.07) is 44.8. The lowest BCUT2D eigenvalue weighted by Crippen LogP contribution is -2.29. The predicted molar refractivity (Wildman–Crippen MR) is 142 cm³/mol. The van der Waals surface area contributed by atoms with Crippen LogP contribution in [0.2, 0.25) is 0 Å². The van der Waals surface area contributed by atoms with Crippen LogP contribution in [0, 0.1) is 0 Å². The van der Waals surface area contributed by atoms with Crippen molar-refractivity contribution in [3.05, 3.63) is 133 Å². The van der Waals surface area contributed by atoms with Gasteiger partial charge in [0.1, 0.15) is 0 Å². The fraction of sp³-hybridized carbons (Fsp3) is 0. The van der Waals surface area contributed by atoms with E-state index in [1.165, 1.54) is 5.56 Å². The third-order valence-electron chi connectivity index (χ3n) is 5.91. The van der Waals surface area contributed by atoms with Gasteiger partial charge in [0.05, 0.1) is 5.69 Å². The molecule has 0 saturated heterocycles. The van der Waals surface area contributed by atoms with E-state index in [4.69, 9.17) is 0 Å². The summed E-state index contributed by atoms with van der Waals surface area (Å²) in [7, 11) is -1.50. The Kier molecular flexibility index (Phi) is 6.26. The van der Waals surface area contributed by atoms with Gasteiger partial charge in [0, 0.05) is 16.9 Å². The largest absolute Gasteiger partial charge is 0.488 e. The Morgan fingerprint density at radius 1 is 0.441 bits per heavy atom. The lowest BCUT2D eigenvalue weighted by molar-refractivity contribution is 0.426. The van der Waals surface area contributed by atoms with Gasteiger partial charge in [0.2, 0.25) is 0 Å². The van der Waals surface area contributed by atoms with Gasteiger partial charge in [0.15, 0.2) is 0 Å². The van der Waals surface area contributed by atoms with Crippen LogP contribution in [0.4, 0.5) is 17.1 Å². The molecule has 0 fully saturated rings. The summed E-state index contributed by atoms with van der Waals surface area (Å²) in [5.74, 6) is 0. The van der Waals surface area contributed by atoms with Crippen molar-refractivity contribution in [2.75, 3.05) is 4.90 Å². The average molecular weight is 441 g/mol. The van der Waals surface area contributed by atoms with Crippen LogP contribution < -0.4 is 10.4 Å². The molecule has 34 heavy (non-hydrogen) atoms. The molecule has 0 saturated carbocycles. The zero-order valence-corrected chi connectivity index (χ0v) is 18.6. The molecule has 0 amide bonds. The lowest BCUT2D eigenvalue weighted by Gasteiger charge is -2.28. The van der Waals surface area contributed by atoms with Gasteiger partial charge in [0.25, 0.3) is 0 Å². The summed E-state index contributed by atoms with van der Waals surface area (Å²) < 4.78 is 0. The smallest absolute Gasteiger partial charge is 0.423 e. The van der Waals surface area contributed by atoms with Gasteiger partial charge in [-0.3, -0.25) is 0 Å². The SMILES string of the molecule is OB(O)c1ccc(N(c2ccc(-c3ccccc3)cc2)c2ccccc2-c2ccccc2)cc1. The first-order chi connectivity index (χ1) is 16.7. The minimum Gasteiger partial charge on any atom is -0.423 e. The summed E-state index contributed by atoms with van der Waals surface area (Å²) in [5.41, 5.74) is 8.01. The fourth-order valence-electron chi connectivity index (χ4n) is 4.19. The molecule has 5 rings (SSSR count). The van der Waals surface area contributed by atoms with Crippen LogP contribution in [-0.4, -0.2) is 17.2 Å². The Bertz CT molecular complexity index is 1350. The normalized spacial score (nSPS) is 10.6. The minimum absolute atomic E-state index is 0.458. The van der Waals surface area contributed by atoms with Gasteiger partial charge in [-0.05, 0) is 52.5 Å². The maximum Gasteiger partial charge on any atom is 0.488 e. The van der Waals surface area contributed by atoms with E-state index in [-0.39, 0.29) is 0 Å². The Morgan fingerprint density at radius 3 is 1.50 bits per heavy atom. The molecular weight excluding hydrogens is 417 g/mol. The molecule has 0 aliphatic heterocycles. The number of nitrogens with zero attached hydrogens (tertiary/aromatic N) is 1. The first kappa shape index (κ1) is 21.7. The molecule has 5 aromatic rings. The summed E-state index contributed by atoms with van der Waals surface area (Å²) in [6.07, 6.45) is 0. The third kappa shape index (κ3) is 4.51. The van der Waals surface area contributed by atoms with Crippen LogP contribution in [0.25, 0.3) is 22.3 Å². The van der Waals surface area contributed by atoms with Crippen LogP contribution in [-0.2, 0) is 0 Å². The van der Waals surface area contributed by atoms with Gasteiger partial charge in [-0.2, -0.15) is 0 Å². The maximum atomic E-state index is 9.56. The van der Waals surface area contributed by atoms with Gasteiger partial charge >= 0.3 is 7.12 Å². The highest BCUT2D eigenvalue weighted by Crippen LogP contribution is 2.40. The number of hydrogen-bond acceptors (Lipinski definition) is 3. The minimum atomic E-state index is -1.50. The molecule has 0 heterocycles. The Balaban J connectivity index is 1.64. The van der Waals surface area contributed by atoms with Crippen LogP contribution in [0.5, 0.6) is 0 Å². The monoisotopic (exact) mass is 441 g/mol. The topological polar surface area (TPSA) is 43.7 Å². The van der Waals surface area contributed by atoms with E-state index in [2.05, 4.69) is 65.6 Å². The zero-order chi connectivity index (χ0) is 23.3. The Hall–Kier alpha value is -4.12. The quantitative estimate of drug-likeness (QED) is 0.310. The van der Waals surface area contributed by atoms with Crippen LogP contribution in [0.15, 0.2) is 133 Å². The molecule has 0 aliphatic rings. The number of rotatable bonds is 6. The molecule has 0 aliphatic carbocycles. The first-order valence-electron chi connectivity index (χ1n) is 11.3. The van der Waals surface area contributed by atoms with Crippen LogP contribution >= 0.6 is 0 Å². The zero-order valence-electron chi connectivity index (χ0n) is 18.6. The van der Waals surface area contributed by atoms with Crippen LogP contribution in [0.1, 0.15) is 0 Å². The van der Waals surface area contributed by atoms with E-state index in [9.17, 15) is 10.0 Å². The molecule has 3 nitrogen and oxygen atoms in total. The lowest BCUT2D eigenvalue weighted by atomic mass is 9.80. The second kappa shape index (κ2) is 9.80. The molecular formula is C30H24BNO2. The van der Waals surface area contributed by atoms with Gasteiger partial charge < -0.3 is 14.9 Å². The summed E-state index contributed by atoms with van der Waals surface area (Å²) in [5, 5.41) is 19.1. The number of para-hydroxylation sites is 1. The van der Waals surface area contributed by atoms with E-state index < -0.39 is 7.12 Å². The van der Waals surface area contributed by atoms with Gasteiger partial charge in [-0.1, -0.05) is 103 Å². The summed E-state index contributed by atoms with van der Waals surface area (Å²) >= 11 is 0. The standard InChI is InChI=1S/C30H24BNO2/c33-31(34)26-17-21-28(22-18-26)32(27-19-15-24(16-20-27)23-9-3-1-4-10-23)30-14-8-7-13-29(30)25-11-5-2-6-12-25/h1-22,33-34H. The molecule has 2 N–H and O–H groups in total. The number of benzene rings is 5. The highest BCUT2D eigenvalue weighted by Gasteiger charge is 2.18. The van der Waals surface area contributed by atoms with Gasteiger partial charge in [-0.15, -0.1) is 0 Å². The fourth-order valence-corrected chi connectivity index (χ4v) is 4.19. The molecule has 164 valence electrons. The van der Waals surface area contributed by atoms with E-state index >= 15 is 0 Å². The first-order valence-corrected chi connectivity index (χ1v) is 11.3. The van der Waals surface area contributed by atoms with Crippen molar-refractivity contribution in [1.82, 2.24) is 0 Å². The second-order valence-corrected chi connectivity index (χ2v) is 8.10. The van der Waals surface area contributed by atoms with Crippen molar-refractivity contribution < 1.29 is 10.0 Å². The highest BCUT2D eigenvalue weighted by molar-refractivity contribution is 6.58. The van der Waals surface area contributed by atoms with E-state index in [0.717, 1.165) is 33.8 Å². The molecule has 0 spiro atoms. The van der Waals surface area contributed by atoms with Crippen LogP contribution in [0.3, 0.4) is 0 Å². The highest BCUT2D eigenvalue weighted by atomic mass is 16.4. The molecule has 0 radical (unpaired) electrons. The van der Waals surface area contributed by atoms with Crippen molar-refractivity contribution in [2.45, 2.75) is 0 Å². The van der Waals surface area contributed by atoms with Crippen molar-refractivity contribution in [1.29, 1.82) is 0 Å². The van der Waals surface area contributed by atoms with E-state index in [1.54, 1.807) is 12.1 Å². The number of anilines is 3. The molecule has 0 aromatic heterocycles. The Morgan fingerprint density at radius 2 is 0.912 bits per heavy atom. The molecule has 0 unspecified atom stereocenters. The van der Waals surface area contributed by atoms with Crippen molar-refractivity contribution in [3.63, 3.8) is 0 Å². The Labute approximate surface area is 200 Å². The summed E-state index contributed by atoms with van der Waals surface area (Å²) in [6.45, 7) is 0. The van der Waals surface area contributed by atoms with Crippen molar-refractivity contribution >= 4 is 29.6 Å². The predicted octanol–water partition coefficient (Wildman–Crippen LogP) is 6.17. The van der Waals surface area contributed by atoms with E-state index in [0.29, 0.717) is 5.46 Å². The van der Waals surface area contributed by atoms with Crippen molar-refractivity contribution in [3.8, 4) is 22.3 Å². The second-order valence-electron chi connectivity index (χ2n) is 8.10. The maximum absolute atomic E-state index is 9.56. The molecule has 0 bridgehead atoms.